The van der Waals surface area contributed by atoms with Crippen LogP contribution in [-0.4, -0.2) is 42.7 Å². The Morgan fingerprint density at radius 3 is 2.33 bits per heavy atom. The van der Waals surface area contributed by atoms with Gasteiger partial charge in [0.25, 0.3) is 0 Å². The van der Waals surface area contributed by atoms with Gasteiger partial charge in [-0.25, -0.2) is 0 Å². The number of hydrogen-bond acceptors (Lipinski definition) is 2. The maximum absolute atomic E-state index is 12.4. The first-order valence-electron chi connectivity index (χ1n) is 7.58. The number of alkyl halides is 3. The maximum Gasteiger partial charge on any atom is 0.401 e. The van der Waals surface area contributed by atoms with Crippen molar-refractivity contribution in [1.29, 1.82) is 0 Å². The predicted molar refractivity (Wildman–Crippen MR) is 76.9 cm³/mol. The fraction of sp³-hybridized carbons (Fsp3) is 0.933. The maximum atomic E-state index is 12.4. The van der Waals surface area contributed by atoms with Crippen LogP contribution in [0, 0.1) is 11.3 Å². The average Bonchev–Trinajstić information content (AvgIpc) is 2.32. The second-order valence-electron chi connectivity index (χ2n) is 7.21. The number of rotatable bonds is 4. The van der Waals surface area contributed by atoms with E-state index in [-0.39, 0.29) is 23.3 Å². The molecule has 3 nitrogen and oxygen atoms in total. The Balaban J connectivity index is 2.68. The van der Waals surface area contributed by atoms with E-state index in [9.17, 15) is 18.0 Å². The Morgan fingerprint density at radius 2 is 1.86 bits per heavy atom. The molecule has 0 saturated carbocycles. The van der Waals surface area contributed by atoms with Gasteiger partial charge in [0.1, 0.15) is 0 Å². The predicted octanol–water partition coefficient (Wildman–Crippen LogP) is 3.20. The van der Waals surface area contributed by atoms with Crippen LogP contribution in [0.3, 0.4) is 0 Å². The molecule has 2 unspecified atom stereocenters. The van der Waals surface area contributed by atoms with Gasteiger partial charge in [0, 0.05) is 25.6 Å². The molecule has 0 bridgehead atoms. The molecule has 1 fully saturated rings. The average molecular weight is 308 g/mol. The van der Waals surface area contributed by atoms with Crippen molar-refractivity contribution in [2.24, 2.45) is 11.3 Å². The Morgan fingerprint density at radius 1 is 1.24 bits per heavy atom. The molecule has 1 saturated heterocycles. The second-order valence-corrected chi connectivity index (χ2v) is 7.21. The molecule has 1 rings (SSSR count). The Bertz CT molecular complexity index is 350. The lowest BCUT2D eigenvalue weighted by atomic mass is 9.80. The van der Waals surface area contributed by atoms with E-state index in [1.54, 1.807) is 11.8 Å². The molecule has 1 N–H and O–H groups in total. The van der Waals surface area contributed by atoms with Crippen molar-refractivity contribution >= 4 is 5.91 Å². The van der Waals surface area contributed by atoms with Crippen molar-refractivity contribution in [3.63, 3.8) is 0 Å². The molecule has 0 aromatic heterocycles. The second kappa shape index (κ2) is 6.99. The van der Waals surface area contributed by atoms with Crippen molar-refractivity contribution in [1.82, 2.24) is 10.2 Å². The number of halogens is 3. The zero-order valence-corrected chi connectivity index (χ0v) is 13.4. The zero-order chi connectivity index (χ0) is 16.3. The van der Waals surface area contributed by atoms with Gasteiger partial charge in [-0.15, -0.1) is 0 Å². The molecule has 0 aromatic carbocycles. The van der Waals surface area contributed by atoms with Crippen LogP contribution in [0.4, 0.5) is 13.2 Å². The van der Waals surface area contributed by atoms with E-state index in [0.29, 0.717) is 25.9 Å². The van der Waals surface area contributed by atoms with Crippen molar-refractivity contribution in [2.75, 3.05) is 19.6 Å². The van der Waals surface area contributed by atoms with Crippen LogP contribution in [0.5, 0.6) is 0 Å². The summed E-state index contributed by atoms with van der Waals surface area (Å²) >= 11 is 0. The molecule has 0 aliphatic carbocycles. The summed E-state index contributed by atoms with van der Waals surface area (Å²) in [7, 11) is 0. The van der Waals surface area contributed by atoms with Crippen molar-refractivity contribution < 1.29 is 18.0 Å². The van der Waals surface area contributed by atoms with Gasteiger partial charge in [0.2, 0.25) is 5.91 Å². The lowest BCUT2D eigenvalue weighted by molar-refractivity contribution is -0.135. The molecule has 0 aromatic rings. The lowest BCUT2D eigenvalue weighted by Gasteiger charge is -2.40. The summed E-state index contributed by atoms with van der Waals surface area (Å²) < 4.78 is 37.1. The highest BCUT2D eigenvalue weighted by Crippen LogP contribution is 2.30. The van der Waals surface area contributed by atoms with Crippen LogP contribution in [0.2, 0.25) is 0 Å². The van der Waals surface area contributed by atoms with E-state index in [4.69, 9.17) is 0 Å². The highest BCUT2D eigenvalue weighted by molar-refractivity contribution is 5.76. The van der Waals surface area contributed by atoms with Crippen molar-refractivity contribution in [2.45, 2.75) is 59.2 Å². The first-order chi connectivity index (χ1) is 9.50. The summed E-state index contributed by atoms with van der Waals surface area (Å²) in [5.41, 5.74) is 0.109. The molecule has 6 heteroatoms. The number of piperidine rings is 1. The zero-order valence-electron chi connectivity index (χ0n) is 13.4. The largest absolute Gasteiger partial charge is 0.401 e. The third kappa shape index (κ3) is 7.16. The monoisotopic (exact) mass is 308 g/mol. The number of hydrogen-bond donors (Lipinski definition) is 1. The first-order valence-corrected chi connectivity index (χ1v) is 7.58. The van der Waals surface area contributed by atoms with E-state index in [1.165, 1.54) is 0 Å². The highest BCUT2D eigenvalue weighted by Gasteiger charge is 2.34. The van der Waals surface area contributed by atoms with Gasteiger partial charge in [0.15, 0.2) is 0 Å². The van der Waals surface area contributed by atoms with Gasteiger partial charge in [0.05, 0.1) is 6.54 Å². The topological polar surface area (TPSA) is 32.3 Å². The van der Waals surface area contributed by atoms with Gasteiger partial charge in [-0.1, -0.05) is 27.7 Å². The molecule has 1 aliphatic rings. The standard InChI is InChI=1S/C15H27F3N2O/c1-5-13(21)20-8-11(7-14(2,3)4)6-12(9-20)19-10-15(16,17)18/h11-12,19H,5-10H2,1-4H3. The van der Waals surface area contributed by atoms with Gasteiger partial charge in [-0.3, -0.25) is 4.79 Å². The fourth-order valence-corrected chi connectivity index (χ4v) is 3.05. The molecule has 124 valence electrons. The van der Waals surface area contributed by atoms with Crippen LogP contribution in [0.15, 0.2) is 0 Å². The first kappa shape index (κ1) is 18.3. The van der Waals surface area contributed by atoms with E-state index >= 15 is 0 Å². The minimum absolute atomic E-state index is 0.0208. The summed E-state index contributed by atoms with van der Waals surface area (Å²) in [6.07, 6.45) is -2.21. The van der Waals surface area contributed by atoms with Gasteiger partial charge in [-0.2, -0.15) is 13.2 Å². The normalized spacial score (nSPS) is 24.2. The molecule has 1 aliphatic heterocycles. The third-order valence-electron chi connectivity index (χ3n) is 3.68. The van der Waals surface area contributed by atoms with Crippen LogP contribution < -0.4 is 5.32 Å². The molecular formula is C15H27F3N2O. The van der Waals surface area contributed by atoms with Crippen LogP contribution in [0.1, 0.15) is 47.0 Å². The molecule has 1 heterocycles. The minimum atomic E-state index is -4.21. The molecule has 1 amide bonds. The smallest absolute Gasteiger partial charge is 0.341 e. The third-order valence-corrected chi connectivity index (χ3v) is 3.68. The van der Waals surface area contributed by atoms with E-state index < -0.39 is 12.7 Å². The van der Waals surface area contributed by atoms with Crippen LogP contribution in [0.25, 0.3) is 0 Å². The summed E-state index contributed by atoms with van der Waals surface area (Å²) in [5, 5.41) is 2.57. The fourth-order valence-electron chi connectivity index (χ4n) is 3.05. The Kier molecular flexibility index (Phi) is 6.08. The quantitative estimate of drug-likeness (QED) is 0.865. The molecular weight excluding hydrogens is 281 g/mol. The summed E-state index contributed by atoms with van der Waals surface area (Å²) in [6, 6.07) is -0.275. The van der Waals surface area contributed by atoms with Gasteiger partial charge >= 0.3 is 6.18 Å². The number of amides is 1. The molecule has 0 spiro atoms. The number of carbonyl (C=O) groups is 1. The summed E-state index contributed by atoms with van der Waals surface area (Å²) in [4.78, 5) is 13.6. The number of nitrogens with one attached hydrogen (secondary N) is 1. The minimum Gasteiger partial charge on any atom is -0.341 e. The molecule has 0 radical (unpaired) electrons. The van der Waals surface area contributed by atoms with Crippen LogP contribution in [-0.2, 0) is 4.79 Å². The van der Waals surface area contributed by atoms with Crippen LogP contribution >= 0.6 is 0 Å². The number of carbonyl (C=O) groups excluding carboxylic acids is 1. The van der Waals surface area contributed by atoms with E-state index in [1.807, 2.05) is 0 Å². The Hall–Kier alpha value is -0.780. The lowest BCUT2D eigenvalue weighted by Crippen LogP contribution is -2.53. The van der Waals surface area contributed by atoms with Crippen molar-refractivity contribution in [3.05, 3.63) is 0 Å². The van der Waals surface area contributed by atoms with E-state index in [0.717, 1.165) is 6.42 Å². The number of nitrogens with zero attached hydrogens (tertiary/aromatic N) is 1. The van der Waals surface area contributed by atoms with Crippen molar-refractivity contribution in [3.8, 4) is 0 Å². The van der Waals surface area contributed by atoms with Gasteiger partial charge in [-0.05, 0) is 24.2 Å². The SMILES string of the molecule is CCC(=O)N1CC(CC(C)(C)C)CC(NCC(F)(F)F)C1. The Labute approximate surface area is 125 Å². The summed E-state index contributed by atoms with van der Waals surface area (Å²) in [6.45, 7) is 8.18. The highest BCUT2D eigenvalue weighted by atomic mass is 19.4. The number of likely N-dealkylation sites (tertiary alicyclic amines) is 1. The van der Waals surface area contributed by atoms with Gasteiger partial charge < -0.3 is 10.2 Å². The van der Waals surface area contributed by atoms with E-state index in [2.05, 4.69) is 26.1 Å². The molecule has 2 atom stereocenters. The molecule has 21 heavy (non-hydrogen) atoms. The summed E-state index contributed by atoms with van der Waals surface area (Å²) in [5.74, 6) is 0.271.